The zero-order chi connectivity index (χ0) is 95.8. The molecule has 0 atom stereocenters. The van der Waals surface area contributed by atoms with Gasteiger partial charge in [-0.3, -0.25) is 0 Å². The van der Waals surface area contributed by atoms with Crippen LogP contribution in [0.15, 0.2) is 359 Å². The Kier molecular flexibility index (Phi) is 26.8. The molecular weight excluding hydrogens is 1890 g/mol. The molecule has 684 valence electrons. The van der Waals surface area contributed by atoms with Gasteiger partial charge in [0, 0.05) is 90.2 Å². The number of anilines is 12. The molecule has 24 rings (SSSR count). The maximum atomic E-state index is 6.29. The van der Waals surface area contributed by atoms with Gasteiger partial charge >= 0.3 is 283 Å². The van der Waals surface area contributed by atoms with Crippen LogP contribution in [0.1, 0.15) is 33.4 Å². The second-order valence-electron chi connectivity index (χ2n) is 34.9. The van der Waals surface area contributed by atoms with Gasteiger partial charge in [-0.05, 0) is 123 Å². The number of nitrogens with zero attached hydrogens (tertiary/aromatic N) is 18. The van der Waals surface area contributed by atoms with E-state index < -0.39 is 0 Å². The van der Waals surface area contributed by atoms with E-state index in [4.69, 9.17) is 4.74 Å². The van der Waals surface area contributed by atoms with E-state index in [-0.39, 0.29) is 0 Å². The zero-order valence-electron chi connectivity index (χ0n) is 80.7. The molecule has 6 aromatic heterocycles. The Bertz CT molecular complexity index is 7410. The summed E-state index contributed by atoms with van der Waals surface area (Å²) >= 11 is 6.24. The molecule has 0 aliphatic carbocycles. The number of ether oxygens (including phenoxy) is 1. The standard InChI is InChI=1S/C20H21N4.C19H18N3O.2C19H18N3S.C19H18N3Se.C18H15N2SSe/c1-14-9-10-18-20(19(14)17-11-12-21-13-22(17)2)24(4)16-8-6-5-7-15(16)23(18)3;2*1-13-8-9-16-19(18(13)15-10-11-20-12-21(15)2)23-17-7-5-4-6-14(17)22(16)3;1-13-8-9-17-19(18(13)15-10-11-20-12-21(15)2)22(3)14-6-4-5-7-16(14)23-17;1-13-8-9-16-19(18(13)15-10-11-20-12-21(15)2)23-17-7-5-4-6-14(17)22(16)3;1-12-7-8-15-18(17(12)13-9-10-19-11-20(13)2)22-16-6-4-3-5-14(16)21-15/h5-13H,1-4H3;4*4-12H,1-3H3;3-11H,1-2H3/q6*+1. The van der Waals surface area contributed by atoms with E-state index in [9.17, 15) is 0 Å². The van der Waals surface area contributed by atoms with E-state index in [1.54, 1.807) is 0 Å². The summed E-state index contributed by atoms with van der Waals surface area (Å²) in [7, 11) is 25.1. The van der Waals surface area contributed by atoms with Gasteiger partial charge in [0.2, 0.25) is 0 Å². The van der Waals surface area contributed by atoms with Gasteiger partial charge in [0.05, 0.1) is 96.2 Å². The molecule has 0 saturated carbocycles. The molecule has 0 fully saturated rings. The number of rotatable bonds is 6. The van der Waals surface area contributed by atoms with Crippen molar-refractivity contribution in [3.8, 4) is 79.0 Å². The fourth-order valence-corrected chi connectivity index (χ4v) is 28.2. The molecular formula is C114H108N18OS3Se2+6. The average Bonchev–Trinajstić information content (AvgIpc) is 0.730. The van der Waals surface area contributed by atoms with E-state index in [1.165, 1.54) is 194 Å². The van der Waals surface area contributed by atoms with Crippen molar-refractivity contribution < 1.29 is 32.1 Å². The number of hydrogen-bond donors (Lipinski definition) is 0. The van der Waals surface area contributed by atoms with Crippen LogP contribution >= 0.6 is 35.3 Å². The third kappa shape index (κ3) is 17.8. The van der Waals surface area contributed by atoms with Crippen molar-refractivity contribution in [3.63, 3.8) is 0 Å². The average molecular weight is 2000 g/mol. The third-order valence-corrected chi connectivity index (χ3v) is 35.0. The second kappa shape index (κ2) is 39.9. The van der Waals surface area contributed by atoms with Crippen LogP contribution in [0.25, 0.3) is 67.5 Å². The number of benzene rings is 12. The van der Waals surface area contributed by atoms with Crippen molar-refractivity contribution in [1.82, 2.24) is 29.9 Å². The Hall–Kier alpha value is -14.2. The molecule has 24 heteroatoms. The molecule has 0 bridgehead atoms. The Balaban J connectivity index is 0.000000106. The summed E-state index contributed by atoms with van der Waals surface area (Å²) in [6.45, 7) is 13.0. The fourth-order valence-electron chi connectivity index (χ4n) is 18.8. The summed E-state index contributed by atoms with van der Waals surface area (Å²) in [6.07, 6.45) is 22.3. The molecule has 18 aromatic rings. The van der Waals surface area contributed by atoms with Crippen molar-refractivity contribution in [2.24, 2.45) is 42.3 Å². The molecule has 138 heavy (non-hydrogen) atoms. The predicted molar refractivity (Wildman–Crippen MR) is 563 cm³/mol. The SMILES string of the molecule is Cc1ccc2c(c1-c1ccnc[n+]1C)N(C)c1ccccc1N2C.Cc1ccc2c(c1-c1ccnc[n+]1C)N(C)c1ccccc1S2.Cc1ccc2c(c1-c1ccnc[n+]1C)Oc1ccccc1N2C.Cc1ccc2c(c1-c1ccnc[n+]1C)Sc1ccccc1N2C.Cc1ccc2c(c1-c1ccnc[n+]1C)[Se]c1ccccc1N2C.Cc1ccc2c(c1-c1ccnc[n+]1C)[Se]c1ccccc1S2. The molecule has 0 spiro atoms. The molecule has 6 aliphatic heterocycles. The Morgan fingerprint density at radius 1 is 0.239 bits per heavy atom. The summed E-state index contributed by atoms with van der Waals surface area (Å²) in [5, 5.41) is 0. The first-order chi connectivity index (χ1) is 67.0. The molecule has 19 nitrogen and oxygen atoms in total. The first-order valence-electron chi connectivity index (χ1n) is 45.6. The molecule has 0 saturated heterocycles. The minimum absolute atomic E-state index is 0.302. The van der Waals surface area contributed by atoms with Gasteiger partial charge < -0.3 is 29.2 Å². The van der Waals surface area contributed by atoms with Gasteiger partial charge in [0.15, 0.2) is 11.5 Å². The Labute approximate surface area is 833 Å². The van der Waals surface area contributed by atoms with E-state index in [2.05, 4.69) is 411 Å². The first-order valence-corrected chi connectivity index (χ1v) is 51.5. The van der Waals surface area contributed by atoms with Crippen molar-refractivity contribution in [1.29, 1.82) is 0 Å². The van der Waals surface area contributed by atoms with Gasteiger partial charge in [-0.25, -0.2) is 18.3 Å². The van der Waals surface area contributed by atoms with Crippen molar-refractivity contribution in [3.05, 3.63) is 363 Å². The number of aromatic nitrogens is 12. The number of para-hydroxylation sites is 7. The van der Waals surface area contributed by atoms with Gasteiger partial charge in [-0.1, -0.05) is 116 Å². The van der Waals surface area contributed by atoms with Crippen LogP contribution in [0.5, 0.6) is 11.5 Å². The molecule has 0 amide bonds. The van der Waals surface area contributed by atoms with E-state index in [0.29, 0.717) is 29.9 Å². The Morgan fingerprint density at radius 3 is 1.12 bits per heavy atom. The first kappa shape index (κ1) is 92.9. The summed E-state index contributed by atoms with van der Waals surface area (Å²) < 4.78 is 24.7. The van der Waals surface area contributed by atoms with Gasteiger partial charge in [0.1, 0.15) is 47.6 Å². The molecule has 0 radical (unpaired) electrons. The topological polar surface area (TPSA) is 129 Å². The number of fused-ring (bicyclic) bond motifs is 12. The van der Waals surface area contributed by atoms with Crippen LogP contribution < -0.4 is 79.4 Å². The maximum absolute atomic E-state index is 6.29. The van der Waals surface area contributed by atoms with Gasteiger partial charge in [0.25, 0.3) is 25.3 Å². The van der Waals surface area contributed by atoms with Gasteiger partial charge in [-0.2, -0.15) is 0 Å². The second-order valence-corrected chi connectivity index (χ2v) is 42.5. The van der Waals surface area contributed by atoms with E-state index in [1.807, 2.05) is 167 Å². The molecule has 12 heterocycles. The summed E-state index contributed by atoms with van der Waals surface area (Å²) in [5.41, 5.74) is 37.1. The summed E-state index contributed by atoms with van der Waals surface area (Å²) in [6, 6.07) is 90.3. The van der Waals surface area contributed by atoms with Crippen molar-refractivity contribution in [2.75, 3.05) is 71.7 Å². The Morgan fingerprint density at radius 2 is 0.572 bits per heavy atom. The van der Waals surface area contributed by atoms with E-state index >= 15 is 0 Å². The van der Waals surface area contributed by atoms with Crippen molar-refractivity contribution >= 4 is 151 Å². The monoisotopic (exact) mass is 2000 g/mol. The molecule has 12 aromatic carbocycles. The predicted octanol–water partition coefficient (Wildman–Crippen LogP) is 19.3. The van der Waals surface area contributed by atoms with Crippen LogP contribution in [0, 0.1) is 41.5 Å². The number of aryl methyl sites for hydroxylation is 12. The number of hydrogen-bond acceptors (Lipinski definition) is 16. The molecule has 6 aliphatic rings. The summed E-state index contributed by atoms with van der Waals surface area (Å²) in [5.74, 6) is 1.78. The van der Waals surface area contributed by atoms with Gasteiger partial charge in [-0.15, -0.1) is 0 Å². The minimum atomic E-state index is 0.302. The van der Waals surface area contributed by atoms with Crippen LogP contribution in [0.2, 0.25) is 0 Å². The van der Waals surface area contributed by atoms with E-state index in [0.717, 1.165) is 34.1 Å². The normalized spacial score (nSPS) is 12.7. The summed E-state index contributed by atoms with van der Waals surface area (Å²) in [4.78, 5) is 46.9. The third-order valence-electron chi connectivity index (χ3n) is 26.0. The van der Waals surface area contributed by atoms with Crippen LogP contribution in [0.3, 0.4) is 0 Å². The quantitative estimate of drug-likeness (QED) is 0.116. The van der Waals surface area contributed by atoms with Crippen LogP contribution in [-0.2, 0) is 42.3 Å². The van der Waals surface area contributed by atoms with Crippen LogP contribution in [0.4, 0.5) is 68.2 Å². The molecule has 0 N–H and O–H groups in total. The van der Waals surface area contributed by atoms with Crippen LogP contribution in [-0.4, -0.2) is 102 Å². The molecule has 0 unspecified atom stereocenters. The fraction of sp³-hybridized carbons (Fsp3) is 0.158. The zero-order valence-corrected chi connectivity index (χ0v) is 86.6. The van der Waals surface area contributed by atoms with Crippen molar-refractivity contribution in [2.45, 2.75) is 70.9 Å².